The number of hydrogen-bond donors (Lipinski definition) is 1. The standard InChI is InChI=1S/C18H27N3O2S/c1-13-10-16(20-6-8-24-9-7-20)4-5-17(13)19-18(22)21-11-14(2)23-15(3)12-21/h4-5,10,14-15H,6-9,11-12H2,1-3H3,(H,19,22). The second-order valence-electron chi connectivity index (χ2n) is 6.69. The van der Waals surface area contributed by atoms with E-state index in [1.54, 1.807) is 0 Å². The molecule has 0 saturated carbocycles. The summed E-state index contributed by atoms with van der Waals surface area (Å²) in [6.07, 6.45) is 0.167. The van der Waals surface area contributed by atoms with Crippen molar-refractivity contribution in [3.63, 3.8) is 0 Å². The highest BCUT2D eigenvalue weighted by atomic mass is 32.2. The molecule has 2 amide bonds. The summed E-state index contributed by atoms with van der Waals surface area (Å²) in [6, 6.07) is 6.28. The monoisotopic (exact) mass is 349 g/mol. The molecular formula is C18H27N3O2S. The minimum absolute atomic E-state index is 0.0396. The highest BCUT2D eigenvalue weighted by Gasteiger charge is 2.26. The molecule has 24 heavy (non-hydrogen) atoms. The first kappa shape index (κ1) is 17.4. The number of benzene rings is 1. The zero-order chi connectivity index (χ0) is 17.1. The molecule has 0 spiro atoms. The number of anilines is 2. The Hall–Kier alpha value is -1.40. The number of morpholine rings is 1. The van der Waals surface area contributed by atoms with Gasteiger partial charge in [-0.1, -0.05) is 0 Å². The van der Waals surface area contributed by atoms with Crippen molar-refractivity contribution in [3.8, 4) is 0 Å². The van der Waals surface area contributed by atoms with E-state index in [4.69, 9.17) is 4.74 Å². The van der Waals surface area contributed by atoms with E-state index < -0.39 is 0 Å². The summed E-state index contributed by atoms with van der Waals surface area (Å²) in [4.78, 5) is 16.8. The van der Waals surface area contributed by atoms with Gasteiger partial charge in [-0.2, -0.15) is 11.8 Å². The van der Waals surface area contributed by atoms with E-state index in [2.05, 4.69) is 29.3 Å². The molecule has 2 fully saturated rings. The molecule has 1 aromatic rings. The van der Waals surface area contributed by atoms with Crippen molar-refractivity contribution in [2.24, 2.45) is 0 Å². The van der Waals surface area contributed by atoms with E-state index >= 15 is 0 Å². The maximum atomic E-state index is 12.5. The molecule has 1 aromatic carbocycles. The molecule has 0 aliphatic carbocycles. The number of nitrogens with zero attached hydrogens (tertiary/aromatic N) is 2. The predicted octanol–water partition coefficient (Wildman–Crippen LogP) is 3.19. The molecule has 0 bridgehead atoms. The lowest BCUT2D eigenvalue weighted by Gasteiger charge is -2.35. The molecule has 2 atom stereocenters. The van der Waals surface area contributed by atoms with Crippen molar-refractivity contribution in [2.45, 2.75) is 33.0 Å². The fourth-order valence-electron chi connectivity index (χ4n) is 3.34. The fourth-order valence-corrected chi connectivity index (χ4v) is 4.25. The minimum atomic E-state index is -0.0396. The van der Waals surface area contributed by atoms with Crippen molar-refractivity contribution < 1.29 is 9.53 Å². The Kier molecular flexibility index (Phi) is 5.56. The van der Waals surface area contributed by atoms with Crippen LogP contribution in [-0.2, 0) is 4.74 Å². The summed E-state index contributed by atoms with van der Waals surface area (Å²) in [5.74, 6) is 2.37. The maximum Gasteiger partial charge on any atom is 0.322 e. The van der Waals surface area contributed by atoms with Crippen LogP contribution in [0, 0.1) is 6.92 Å². The number of carbonyl (C=O) groups excluding carboxylic acids is 1. The van der Waals surface area contributed by atoms with Crippen molar-refractivity contribution >= 4 is 29.2 Å². The molecule has 3 rings (SSSR count). The molecule has 132 valence electrons. The molecule has 5 nitrogen and oxygen atoms in total. The van der Waals surface area contributed by atoms with Crippen LogP contribution >= 0.6 is 11.8 Å². The molecule has 2 saturated heterocycles. The van der Waals surface area contributed by atoms with E-state index in [1.807, 2.05) is 36.6 Å². The molecule has 2 aliphatic heterocycles. The third kappa shape index (κ3) is 4.16. The Balaban J connectivity index is 1.65. The van der Waals surface area contributed by atoms with Crippen LogP contribution in [0.25, 0.3) is 0 Å². The lowest BCUT2D eigenvalue weighted by atomic mass is 10.1. The average Bonchev–Trinajstić information content (AvgIpc) is 2.56. The Morgan fingerprint density at radius 1 is 1.21 bits per heavy atom. The van der Waals surface area contributed by atoms with Gasteiger partial charge in [0.05, 0.1) is 12.2 Å². The van der Waals surface area contributed by atoms with Crippen LogP contribution < -0.4 is 10.2 Å². The van der Waals surface area contributed by atoms with Gasteiger partial charge in [0.2, 0.25) is 0 Å². The Morgan fingerprint density at radius 3 is 2.50 bits per heavy atom. The van der Waals surface area contributed by atoms with E-state index in [0.29, 0.717) is 13.1 Å². The number of urea groups is 1. The topological polar surface area (TPSA) is 44.8 Å². The largest absolute Gasteiger partial charge is 0.372 e. The van der Waals surface area contributed by atoms with Crippen LogP contribution in [0.1, 0.15) is 19.4 Å². The molecule has 0 radical (unpaired) electrons. The van der Waals surface area contributed by atoms with Crippen LogP contribution in [-0.4, -0.2) is 60.8 Å². The summed E-state index contributed by atoms with van der Waals surface area (Å²) < 4.78 is 5.69. The van der Waals surface area contributed by atoms with Crippen LogP contribution in [0.5, 0.6) is 0 Å². The first-order chi connectivity index (χ1) is 11.5. The zero-order valence-corrected chi connectivity index (χ0v) is 15.6. The van der Waals surface area contributed by atoms with Gasteiger partial charge < -0.3 is 19.9 Å². The normalized spacial score (nSPS) is 24.8. The highest BCUT2D eigenvalue weighted by molar-refractivity contribution is 7.99. The second-order valence-corrected chi connectivity index (χ2v) is 7.92. The van der Waals surface area contributed by atoms with E-state index in [0.717, 1.165) is 24.3 Å². The van der Waals surface area contributed by atoms with Crippen molar-refractivity contribution in [3.05, 3.63) is 23.8 Å². The SMILES string of the molecule is Cc1cc(N2CCSCC2)ccc1NC(=O)N1CC(C)OC(C)C1. The molecule has 0 aromatic heterocycles. The van der Waals surface area contributed by atoms with Crippen molar-refractivity contribution in [1.29, 1.82) is 0 Å². The van der Waals surface area contributed by atoms with E-state index in [9.17, 15) is 4.79 Å². The highest BCUT2D eigenvalue weighted by Crippen LogP contribution is 2.25. The maximum absolute atomic E-state index is 12.5. The van der Waals surface area contributed by atoms with Gasteiger partial charge in [-0.15, -0.1) is 0 Å². The second kappa shape index (κ2) is 7.66. The summed E-state index contributed by atoms with van der Waals surface area (Å²) in [6.45, 7) is 9.54. The third-order valence-corrected chi connectivity index (χ3v) is 5.48. The van der Waals surface area contributed by atoms with E-state index in [1.165, 1.54) is 17.2 Å². The van der Waals surface area contributed by atoms with Gasteiger partial charge in [0.25, 0.3) is 0 Å². The van der Waals surface area contributed by atoms with Crippen molar-refractivity contribution in [2.75, 3.05) is 47.9 Å². The van der Waals surface area contributed by atoms with E-state index in [-0.39, 0.29) is 18.2 Å². The Labute approximate surface area is 148 Å². The van der Waals surface area contributed by atoms with Gasteiger partial charge in [-0.3, -0.25) is 0 Å². The molecule has 6 heteroatoms. The van der Waals surface area contributed by atoms with Crippen LogP contribution in [0.15, 0.2) is 18.2 Å². The molecular weight excluding hydrogens is 322 g/mol. The molecule has 2 aliphatic rings. The predicted molar refractivity (Wildman–Crippen MR) is 101 cm³/mol. The summed E-state index contributed by atoms with van der Waals surface area (Å²) in [5.41, 5.74) is 3.25. The van der Waals surface area contributed by atoms with Gasteiger partial charge >= 0.3 is 6.03 Å². The number of ether oxygens (including phenoxy) is 1. The fraction of sp³-hybridized carbons (Fsp3) is 0.611. The summed E-state index contributed by atoms with van der Waals surface area (Å²) >= 11 is 2.01. The minimum Gasteiger partial charge on any atom is -0.372 e. The number of carbonyl (C=O) groups is 1. The van der Waals surface area contributed by atoms with Gasteiger partial charge in [-0.25, -0.2) is 4.79 Å². The van der Waals surface area contributed by atoms with Crippen LogP contribution in [0.3, 0.4) is 0 Å². The van der Waals surface area contributed by atoms with Gasteiger partial charge in [0.15, 0.2) is 0 Å². The molecule has 1 N–H and O–H groups in total. The third-order valence-electron chi connectivity index (χ3n) is 4.53. The summed E-state index contributed by atoms with van der Waals surface area (Å²) in [5, 5.41) is 3.06. The smallest absolute Gasteiger partial charge is 0.322 e. The van der Waals surface area contributed by atoms with Gasteiger partial charge in [0.1, 0.15) is 0 Å². The first-order valence-corrected chi connectivity index (χ1v) is 9.83. The summed E-state index contributed by atoms with van der Waals surface area (Å²) in [7, 11) is 0. The zero-order valence-electron chi connectivity index (χ0n) is 14.7. The Morgan fingerprint density at radius 2 is 1.88 bits per heavy atom. The van der Waals surface area contributed by atoms with Gasteiger partial charge in [-0.05, 0) is 44.5 Å². The Bertz CT molecular complexity index is 580. The molecule has 2 heterocycles. The van der Waals surface area contributed by atoms with Gasteiger partial charge in [0, 0.05) is 49.1 Å². The quantitative estimate of drug-likeness (QED) is 0.891. The number of rotatable bonds is 2. The number of amides is 2. The number of thioether (sulfide) groups is 1. The lowest BCUT2D eigenvalue weighted by Crippen LogP contribution is -2.49. The van der Waals surface area contributed by atoms with Crippen LogP contribution in [0.4, 0.5) is 16.2 Å². The average molecular weight is 350 g/mol. The number of hydrogen-bond acceptors (Lipinski definition) is 4. The molecule has 2 unspecified atom stereocenters. The number of nitrogens with one attached hydrogen (secondary N) is 1. The number of aryl methyl sites for hydroxylation is 1. The van der Waals surface area contributed by atoms with Crippen LogP contribution in [0.2, 0.25) is 0 Å². The van der Waals surface area contributed by atoms with Crippen molar-refractivity contribution in [1.82, 2.24) is 4.90 Å². The first-order valence-electron chi connectivity index (χ1n) is 8.67. The lowest BCUT2D eigenvalue weighted by molar-refractivity contribution is -0.0530.